The van der Waals surface area contributed by atoms with E-state index in [1.807, 2.05) is 29.2 Å². The molecule has 0 saturated carbocycles. The summed E-state index contributed by atoms with van der Waals surface area (Å²) in [6, 6.07) is 16.4. The first-order chi connectivity index (χ1) is 17.5. The number of aromatic nitrogens is 3. The number of hydrogen-bond donors (Lipinski definition) is 3. The summed E-state index contributed by atoms with van der Waals surface area (Å²) in [6.07, 6.45) is 2.98. The Labute approximate surface area is 207 Å². The minimum atomic E-state index is -0.777. The lowest BCUT2D eigenvalue weighted by Gasteiger charge is -2.31. The Morgan fingerprint density at radius 1 is 1.22 bits per heavy atom. The number of nitrogens with zero attached hydrogens (tertiary/aromatic N) is 7. The van der Waals surface area contributed by atoms with Gasteiger partial charge < -0.3 is 21.6 Å². The number of aliphatic imine (C=N–C) groups is 1. The van der Waals surface area contributed by atoms with Gasteiger partial charge in [0.25, 0.3) is 0 Å². The second-order valence-corrected chi connectivity index (χ2v) is 8.28. The summed E-state index contributed by atoms with van der Waals surface area (Å²) in [5, 5.41) is 22.3. The van der Waals surface area contributed by atoms with Crippen LogP contribution < -0.4 is 16.5 Å². The van der Waals surface area contributed by atoms with Gasteiger partial charge in [-0.25, -0.2) is 15.0 Å². The van der Waals surface area contributed by atoms with E-state index in [9.17, 15) is 9.90 Å². The van der Waals surface area contributed by atoms with Gasteiger partial charge in [-0.2, -0.15) is 10.4 Å². The molecule has 182 valence electrons. The molecule has 1 aliphatic rings. The van der Waals surface area contributed by atoms with Crippen LogP contribution in [0.5, 0.6) is 0 Å². The van der Waals surface area contributed by atoms with Crippen LogP contribution in [0.3, 0.4) is 0 Å². The van der Waals surface area contributed by atoms with Crippen molar-refractivity contribution < 1.29 is 9.90 Å². The number of nitriles is 1. The largest absolute Gasteiger partial charge is 0.481 e. The highest BCUT2D eigenvalue weighted by atomic mass is 16.4. The molecule has 36 heavy (non-hydrogen) atoms. The Morgan fingerprint density at radius 2 is 2.06 bits per heavy atom. The smallest absolute Gasteiger partial charge is 0.308 e. The minimum absolute atomic E-state index is 0.0370. The number of piperidine rings is 1. The molecule has 0 bridgehead atoms. The van der Waals surface area contributed by atoms with E-state index >= 15 is 0 Å². The maximum absolute atomic E-state index is 11.4. The molecule has 1 aliphatic heterocycles. The van der Waals surface area contributed by atoms with E-state index in [4.69, 9.17) is 16.8 Å². The molecule has 0 spiro atoms. The zero-order valence-electron chi connectivity index (χ0n) is 19.4. The predicted octanol–water partition coefficient (Wildman–Crippen LogP) is 2.23. The van der Waals surface area contributed by atoms with Gasteiger partial charge >= 0.3 is 5.97 Å². The van der Waals surface area contributed by atoms with E-state index in [2.05, 4.69) is 31.1 Å². The lowest BCUT2D eigenvalue weighted by Crippen LogP contribution is -2.39. The molecule has 3 aromatic rings. The third-order valence-corrected chi connectivity index (χ3v) is 5.79. The zero-order valence-corrected chi connectivity index (χ0v) is 19.4. The summed E-state index contributed by atoms with van der Waals surface area (Å²) >= 11 is 0. The number of aliphatic carboxylic acids is 1. The summed E-state index contributed by atoms with van der Waals surface area (Å²) in [4.78, 5) is 30.9. The summed E-state index contributed by atoms with van der Waals surface area (Å²) < 4.78 is 0. The van der Waals surface area contributed by atoms with Gasteiger partial charge in [0.05, 0.1) is 47.4 Å². The minimum Gasteiger partial charge on any atom is -0.481 e. The van der Waals surface area contributed by atoms with Crippen molar-refractivity contribution in [2.24, 2.45) is 21.9 Å². The van der Waals surface area contributed by atoms with Gasteiger partial charge in [-0.15, -0.1) is 0 Å². The molecule has 1 unspecified atom stereocenters. The molecule has 5 N–H and O–H groups in total. The molecule has 4 rings (SSSR count). The topological polar surface area (TPSA) is 180 Å². The highest BCUT2D eigenvalue weighted by molar-refractivity contribution is 6.37. The van der Waals surface area contributed by atoms with Gasteiger partial charge in [0.2, 0.25) is 5.95 Å². The Morgan fingerprint density at radius 3 is 2.83 bits per heavy atom. The number of hydrazone groups is 1. The monoisotopic (exact) mass is 483 g/mol. The summed E-state index contributed by atoms with van der Waals surface area (Å²) in [6.45, 7) is 1.47. The molecule has 2 aromatic heterocycles. The fourth-order valence-electron chi connectivity index (χ4n) is 4.00. The van der Waals surface area contributed by atoms with E-state index in [0.29, 0.717) is 46.9 Å². The van der Waals surface area contributed by atoms with E-state index in [1.54, 1.807) is 24.3 Å². The van der Waals surface area contributed by atoms with Gasteiger partial charge in [-0.1, -0.05) is 18.2 Å². The van der Waals surface area contributed by atoms with Crippen LogP contribution in [0.25, 0.3) is 11.3 Å². The van der Waals surface area contributed by atoms with Crippen LogP contribution in [0.4, 0.5) is 11.8 Å². The summed E-state index contributed by atoms with van der Waals surface area (Å²) in [5.41, 5.74) is 9.06. The Balaban J connectivity index is 1.49. The van der Waals surface area contributed by atoms with Crippen LogP contribution in [0, 0.1) is 17.2 Å². The number of carboxylic acids is 1. The van der Waals surface area contributed by atoms with Crippen molar-refractivity contribution in [2.45, 2.75) is 19.4 Å². The van der Waals surface area contributed by atoms with Gasteiger partial charge in [0, 0.05) is 18.7 Å². The lowest BCUT2D eigenvalue weighted by atomic mass is 9.98. The fourth-order valence-corrected chi connectivity index (χ4v) is 4.00. The van der Waals surface area contributed by atoms with E-state index in [1.165, 1.54) is 6.21 Å². The number of rotatable bonds is 7. The first-order valence-electron chi connectivity index (χ1n) is 11.3. The molecular weight excluding hydrogens is 458 g/mol. The number of anilines is 2. The molecule has 0 amide bonds. The van der Waals surface area contributed by atoms with Gasteiger partial charge in [-0.3, -0.25) is 9.79 Å². The van der Waals surface area contributed by atoms with Gasteiger partial charge in [0.1, 0.15) is 11.5 Å². The summed E-state index contributed by atoms with van der Waals surface area (Å²) in [5.74, 6) is 5.21. The Kier molecular flexibility index (Phi) is 7.45. The highest BCUT2D eigenvalue weighted by Gasteiger charge is 2.26. The maximum Gasteiger partial charge on any atom is 0.308 e. The number of hydrogen-bond acceptors (Lipinski definition) is 10. The van der Waals surface area contributed by atoms with Crippen LogP contribution in [0.15, 0.2) is 58.6 Å². The fraction of sp³-hybridized carbons (Fsp3) is 0.240. The summed E-state index contributed by atoms with van der Waals surface area (Å²) in [7, 11) is 0. The number of carbonyl (C=O) groups is 1. The molecule has 11 heteroatoms. The van der Waals surface area contributed by atoms with Crippen LogP contribution in [0.2, 0.25) is 0 Å². The average Bonchev–Trinajstić information content (AvgIpc) is 2.91. The lowest BCUT2D eigenvalue weighted by molar-refractivity contribution is -0.141. The third kappa shape index (κ3) is 5.79. The Bertz CT molecular complexity index is 1360. The molecule has 0 radical (unpaired) electrons. The average molecular weight is 484 g/mol. The second kappa shape index (κ2) is 11.1. The maximum atomic E-state index is 11.4. The van der Waals surface area contributed by atoms with Crippen molar-refractivity contribution in [3.63, 3.8) is 0 Å². The van der Waals surface area contributed by atoms with Crippen molar-refractivity contribution in [1.82, 2.24) is 15.0 Å². The van der Waals surface area contributed by atoms with E-state index < -0.39 is 11.9 Å². The number of carboxylic acid groups (broad SMARTS) is 1. The molecule has 3 heterocycles. The van der Waals surface area contributed by atoms with Crippen molar-refractivity contribution in [1.29, 1.82) is 5.26 Å². The number of benzene rings is 1. The highest BCUT2D eigenvalue weighted by Crippen LogP contribution is 2.23. The number of pyridine rings is 1. The quantitative estimate of drug-likeness (QED) is 0.258. The van der Waals surface area contributed by atoms with Crippen LogP contribution in [-0.2, 0) is 11.3 Å². The van der Waals surface area contributed by atoms with E-state index in [0.717, 1.165) is 18.8 Å². The molecule has 1 aromatic carbocycles. The van der Waals surface area contributed by atoms with Gasteiger partial charge in [-0.05, 0) is 43.2 Å². The normalized spacial score (nSPS) is 16.1. The van der Waals surface area contributed by atoms with Crippen LogP contribution in [-0.4, -0.2) is 51.0 Å². The second-order valence-electron chi connectivity index (χ2n) is 8.28. The van der Waals surface area contributed by atoms with Crippen LogP contribution in [0.1, 0.15) is 29.8 Å². The molecular formula is C25H25N9O2. The molecule has 0 aliphatic carbocycles. The number of nitrogens with two attached hydrogens (primary N) is 2. The van der Waals surface area contributed by atoms with Crippen LogP contribution >= 0.6 is 0 Å². The Hall–Kier alpha value is -4.85. The van der Waals surface area contributed by atoms with Crippen molar-refractivity contribution in [3.8, 4) is 17.3 Å². The zero-order chi connectivity index (χ0) is 25.5. The third-order valence-electron chi connectivity index (χ3n) is 5.79. The molecule has 1 fully saturated rings. The predicted molar refractivity (Wildman–Crippen MR) is 136 cm³/mol. The standard InChI is InChI=1S/C25H25N9O2/c26-12-16-4-1-5-17(10-16)20-11-21(32-25(27)31-20)22(33-28)14-29-13-19-7-2-8-23(30-19)34-9-3-6-18(15-34)24(35)36/h1-2,4-5,7-8,10-11,14,18H,3,6,9,13,15,28H2,(H,35,36)(H2,27,31,32). The SMILES string of the molecule is N#Cc1cccc(-c2cc(C(C=NCc3cccc(N4CCCC(C(=O)O)C4)n3)=NN)nc(N)n2)c1. The van der Waals surface area contributed by atoms with Gasteiger partial charge in [0.15, 0.2) is 0 Å². The van der Waals surface area contributed by atoms with Crippen molar-refractivity contribution >= 4 is 29.7 Å². The number of nitrogen functional groups attached to an aromatic ring is 1. The molecule has 11 nitrogen and oxygen atoms in total. The molecule has 1 saturated heterocycles. The first kappa shape index (κ1) is 24.3. The molecule has 1 atom stereocenters. The van der Waals surface area contributed by atoms with E-state index in [-0.39, 0.29) is 12.5 Å². The van der Waals surface area contributed by atoms with Crippen molar-refractivity contribution in [3.05, 3.63) is 65.5 Å². The van der Waals surface area contributed by atoms with Crippen molar-refractivity contribution in [2.75, 3.05) is 23.7 Å². The first-order valence-corrected chi connectivity index (χ1v) is 11.3.